The Morgan fingerprint density at radius 3 is 3.00 bits per heavy atom. The summed E-state index contributed by atoms with van der Waals surface area (Å²) in [5, 5.41) is 5.08. The van der Waals surface area contributed by atoms with Gasteiger partial charge in [-0.15, -0.1) is 11.3 Å². The molecule has 0 atom stereocenters. The van der Waals surface area contributed by atoms with Crippen molar-refractivity contribution in [1.29, 1.82) is 0 Å². The van der Waals surface area contributed by atoms with Crippen LogP contribution < -0.4 is 5.32 Å². The molecular formula is C18H15N3OS. The normalized spacial score (nSPS) is 11.1. The van der Waals surface area contributed by atoms with Gasteiger partial charge in [-0.2, -0.15) is 0 Å². The number of carbonyl (C=O) groups excluding carboxylic acids is 1. The molecule has 2 aromatic carbocycles. The number of nitrogens with one attached hydrogen (secondary N) is 2. The van der Waals surface area contributed by atoms with Gasteiger partial charge < -0.3 is 10.3 Å². The van der Waals surface area contributed by atoms with Crippen LogP contribution in [0.5, 0.6) is 0 Å². The second-order valence-electron chi connectivity index (χ2n) is 5.40. The Labute approximate surface area is 137 Å². The molecule has 0 aliphatic heterocycles. The lowest BCUT2D eigenvalue weighted by atomic mass is 10.2. The average molecular weight is 321 g/mol. The van der Waals surface area contributed by atoms with E-state index < -0.39 is 0 Å². The molecule has 1 amide bonds. The van der Waals surface area contributed by atoms with E-state index in [0.717, 1.165) is 27.1 Å². The van der Waals surface area contributed by atoms with Crippen LogP contribution in [-0.2, 0) is 11.2 Å². The number of para-hydroxylation sites is 1. The number of anilines is 1. The summed E-state index contributed by atoms with van der Waals surface area (Å²) in [6, 6.07) is 15.9. The highest BCUT2D eigenvalue weighted by Crippen LogP contribution is 2.23. The quantitative estimate of drug-likeness (QED) is 0.587. The summed E-state index contributed by atoms with van der Waals surface area (Å²) in [5.41, 5.74) is 2.84. The Kier molecular flexibility index (Phi) is 3.55. The van der Waals surface area contributed by atoms with Gasteiger partial charge in [0, 0.05) is 30.2 Å². The number of aromatic nitrogens is 2. The molecule has 5 heteroatoms. The van der Waals surface area contributed by atoms with E-state index in [1.54, 1.807) is 11.3 Å². The maximum Gasteiger partial charge on any atom is 0.224 e. The molecule has 4 nitrogen and oxygen atoms in total. The Balaban J connectivity index is 1.41. The van der Waals surface area contributed by atoms with Gasteiger partial charge in [0.25, 0.3) is 0 Å². The Morgan fingerprint density at radius 2 is 2.09 bits per heavy atom. The molecule has 0 unspecified atom stereocenters. The van der Waals surface area contributed by atoms with Crippen molar-refractivity contribution >= 4 is 44.1 Å². The molecule has 2 heterocycles. The van der Waals surface area contributed by atoms with E-state index in [9.17, 15) is 4.79 Å². The van der Waals surface area contributed by atoms with Crippen molar-refractivity contribution in [2.24, 2.45) is 0 Å². The number of fused-ring (bicyclic) bond motifs is 2. The molecule has 2 N–H and O–H groups in total. The smallest absolute Gasteiger partial charge is 0.224 e. The number of amides is 1. The van der Waals surface area contributed by atoms with Gasteiger partial charge >= 0.3 is 0 Å². The number of hydrogen-bond donors (Lipinski definition) is 2. The number of hydrogen-bond acceptors (Lipinski definition) is 3. The number of nitrogens with zero attached hydrogens (tertiary/aromatic N) is 1. The monoisotopic (exact) mass is 321 g/mol. The molecule has 0 aliphatic rings. The fraction of sp³-hybridized carbons (Fsp3) is 0.111. The van der Waals surface area contributed by atoms with Crippen LogP contribution in [0.3, 0.4) is 0 Å². The molecule has 0 saturated heterocycles. The molecule has 4 rings (SSSR count). The SMILES string of the molecule is O=C(CCc1nc2ccccc2s1)Nc1ccc2cc[nH]c2c1. The van der Waals surface area contributed by atoms with Crippen LogP contribution in [0.1, 0.15) is 11.4 Å². The number of benzene rings is 2. The minimum absolute atomic E-state index is 0.00941. The molecule has 4 aromatic rings. The minimum Gasteiger partial charge on any atom is -0.361 e. The number of aryl methyl sites for hydroxylation is 1. The summed E-state index contributed by atoms with van der Waals surface area (Å²) in [6.07, 6.45) is 2.99. The number of H-pyrrole nitrogens is 1. The van der Waals surface area contributed by atoms with Gasteiger partial charge in [0.05, 0.1) is 15.2 Å². The van der Waals surface area contributed by atoms with Crippen LogP contribution in [0.2, 0.25) is 0 Å². The van der Waals surface area contributed by atoms with Gasteiger partial charge in [-0.25, -0.2) is 4.98 Å². The largest absolute Gasteiger partial charge is 0.361 e. The van der Waals surface area contributed by atoms with E-state index in [1.807, 2.05) is 48.7 Å². The fourth-order valence-corrected chi connectivity index (χ4v) is 3.56. The van der Waals surface area contributed by atoms with Crippen molar-refractivity contribution < 1.29 is 4.79 Å². The first kappa shape index (κ1) is 14.0. The van der Waals surface area contributed by atoms with Crippen molar-refractivity contribution in [2.75, 3.05) is 5.32 Å². The van der Waals surface area contributed by atoms with Crippen LogP contribution >= 0.6 is 11.3 Å². The van der Waals surface area contributed by atoms with Gasteiger partial charge in [-0.05, 0) is 35.7 Å². The average Bonchev–Trinajstić information content (AvgIpc) is 3.18. The van der Waals surface area contributed by atoms with E-state index in [4.69, 9.17) is 0 Å². The number of rotatable bonds is 4. The zero-order chi connectivity index (χ0) is 15.6. The zero-order valence-electron chi connectivity index (χ0n) is 12.4. The first-order chi connectivity index (χ1) is 11.3. The van der Waals surface area contributed by atoms with E-state index in [1.165, 1.54) is 4.70 Å². The lowest BCUT2D eigenvalue weighted by molar-refractivity contribution is -0.116. The van der Waals surface area contributed by atoms with Crippen molar-refractivity contribution in [3.63, 3.8) is 0 Å². The number of thiazole rings is 1. The Morgan fingerprint density at radius 1 is 1.17 bits per heavy atom. The van der Waals surface area contributed by atoms with E-state index in [2.05, 4.69) is 21.4 Å². The lowest BCUT2D eigenvalue weighted by Crippen LogP contribution is -2.12. The highest BCUT2D eigenvalue weighted by molar-refractivity contribution is 7.18. The third-order valence-corrected chi connectivity index (χ3v) is 4.84. The van der Waals surface area contributed by atoms with Crippen LogP contribution in [0.15, 0.2) is 54.7 Å². The molecule has 0 spiro atoms. The van der Waals surface area contributed by atoms with Crippen molar-refractivity contribution in [1.82, 2.24) is 9.97 Å². The highest BCUT2D eigenvalue weighted by atomic mass is 32.1. The second kappa shape index (κ2) is 5.85. The van der Waals surface area contributed by atoms with E-state index >= 15 is 0 Å². The summed E-state index contributed by atoms with van der Waals surface area (Å²) in [6.45, 7) is 0. The lowest BCUT2D eigenvalue weighted by Gasteiger charge is -2.04. The number of aromatic amines is 1. The molecule has 0 radical (unpaired) electrons. The topological polar surface area (TPSA) is 57.8 Å². The molecule has 0 fully saturated rings. The van der Waals surface area contributed by atoms with Crippen LogP contribution in [0.4, 0.5) is 5.69 Å². The molecule has 0 bridgehead atoms. The summed E-state index contributed by atoms with van der Waals surface area (Å²) in [7, 11) is 0. The molecule has 2 aromatic heterocycles. The summed E-state index contributed by atoms with van der Waals surface area (Å²) in [5.74, 6) is 0.00941. The highest BCUT2D eigenvalue weighted by Gasteiger charge is 2.08. The first-order valence-corrected chi connectivity index (χ1v) is 8.31. The molecule has 0 aliphatic carbocycles. The molecule has 23 heavy (non-hydrogen) atoms. The van der Waals surface area contributed by atoms with Crippen LogP contribution in [0, 0.1) is 0 Å². The van der Waals surface area contributed by atoms with Crippen molar-refractivity contribution in [2.45, 2.75) is 12.8 Å². The van der Waals surface area contributed by atoms with Crippen LogP contribution in [-0.4, -0.2) is 15.9 Å². The summed E-state index contributed by atoms with van der Waals surface area (Å²) in [4.78, 5) is 19.8. The van der Waals surface area contributed by atoms with Crippen LogP contribution in [0.25, 0.3) is 21.1 Å². The number of carbonyl (C=O) groups is 1. The van der Waals surface area contributed by atoms with Crippen molar-refractivity contribution in [3.05, 3.63) is 59.7 Å². The predicted molar refractivity (Wildman–Crippen MR) is 94.9 cm³/mol. The molecule has 114 valence electrons. The van der Waals surface area contributed by atoms with E-state index in [-0.39, 0.29) is 5.91 Å². The Hall–Kier alpha value is -2.66. The maximum atomic E-state index is 12.1. The van der Waals surface area contributed by atoms with Gasteiger partial charge in [-0.3, -0.25) is 4.79 Å². The van der Waals surface area contributed by atoms with Gasteiger partial charge in [-0.1, -0.05) is 18.2 Å². The third kappa shape index (κ3) is 2.96. The maximum absolute atomic E-state index is 12.1. The van der Waals surface area contributed by atoms with Crippen molar-refractivity contribution in [3.8, 4) is 0 Å². The van der Waals surface area contributed by atoms with Gasteiger partial charge in [0.2, 0.25) is 5.91 Å². The van der Waals surface area contributed by atoms with Gasteiger partial charge in [0.1, 0.15) is 0 Å². The summed E-state index contributed by atoms with van der Waals surface area (Å²) < 4.78 is 1.17. The standard InChI is InChI=1S/C18H15N3OS/c22-17(20-13-6-5-12-9-10-19-15(12)11-13)7-8-18-21-14-3-1-2-4-16(14)23-18/h1-6,9-11,19H,7-8H2,(H,20,22). The van der Waals surface area contributed by atoms with Gasteiger partial charge in [0.15, 0.2) is 0 Å². The van der Waals surface area contributed by atoms with E-state index in [0.29, 0.717) is 12.8 Å². The fourth-order valence-electron chi connectivity index (χ4n) is 2.60. The predicted octanol–water partition coefficient (Wildman–Crippen LogP) is 4.35. The molecule has 0 saturated carbocycles. The third-order valence-electron chi connectivity index (χ3n) is 3.74. The molecular weight excluding hydrogens is 306 g/mol. The minimum atomic E-state index is 0.00941. The second-order valence-corrected chi connectivity index (χ2v) is 6.52. The summed E-state index contributed by atoms with van der Waals surface area (Å²) >= 11 is 1.65. The Bertz CT molecular complexity index is 953. The first-order valence-electron chi connectivity index (χ1n) is 7.49. The zero-order valence-corrected chi connectivity index (χ0v) is 13.2.